The van der Waals surface area contributed by atoms with Gasteiger partial charge in [-0.15, -0.1) is 0 Å². The minimum atomic E-state index is 0.316. The van der Waals surface area contributed by atoms with E-state index in [9.17, 15) is 0 Å². The predicted molar refractivity (Wildman–Crippen MR) is 83.7 cm³/mol. The molecule has 0 fully saturated rings. The van der Waals surface area contributed by atoms with Gasteiger partial charge in [0.1, 0.15) is 12.4 Å². The Kier molecular flexibility index (Phi) is 5.14. The number of nitrogens with zero attached hydrogens (tertiary/aromatic N) is 2. The molecule has 8 heteroatoms. The van der Waals surface area contributed by atoms with Crippen LogP contribution in [0.25, 0.3) is 0 Å². The molecule has 1 aromatic heterocycles. The van der Waals surface area contributed by atoms with Crippen LogP contribution in [-0.4, -0.2) is 9.97 Å². The predicted octanol–water partition coefficient (Wildman–Crippen LogP) is 3.63. The van der Waals surface area contributed by atoms with Crippen molar-refractivity contribution in [1.82, 2.24) is 9.97 Å². The highest BCUT2D eigenvalue weighted by atomic mass is 79.9. The van der Waals surface area contributed by atoms with Gasteiger partial charge in [-0.3, -0.25) is 4.98 Å². The molecule has 0 aliphatic rings. The van der Waals surface area contributed by atoms with Crippen molar-refractivity contribution in [3.63, 3.8) is 0 Å². The van der Waals surface area contributed by atoms with Crippen molar-refractivity contribution < 1.29 is 4.74 Å². The molecular formula is C11H9Br3N4O. The molecule has 0 aliphatic heterocycles. The van der Waals surface area contributed by atoms with Crippen LogP contribution in [0.4, 0.5) is 5.82 Å². The van der Waals surface area contributed by atoms with Gasteiger partial charge in [-0.2, -0.15) is 0 Å². The molecule has 2 rings (SSSR count). The fraction of sp³-hybridized carbons (Fsp3) is 0.0909. The van der Waals surface area contributed by atoms with Gasteiger partial charge in [0.25, 0.3) is 0 Å². The van der Waals surface area contributed by atoms with Crippen LogP contribution in [-0.2, 0) is 6.61 Å². The first-order chi connectivity index (χ1) is 9.10. The van der Waals surface area contributed by atoms with Gasteiger partial charge in [0.05, 0.1) is 27.0 Å². The van der Waals surface area contributed by atoms with Crippen molar-refractivity contribution in [1.29, 1.82) is 0 Å². The van der Waals surface area contributed by atoms with E-state index in [-0.39, 0.29) is 0 Å². The Morgan fingerprint density at radius 2 is 1.79 bits per heavy atom. The Morgan fingerprint density at radius 1 is 1.11 bits per heavy atom. The number of hydrogen-bond donors (Lipinski definition) is 2. The Hall–Kier alpha value is -0.700. The summed E-state index contributed by atoms with van der Waals surface area (Å²) in [7, 11) is 0. The maximum absolute atomic E-state index is 5.71. The molecule has 3 N–H and O–H groups in total. The molecule has 0 bridgehead atoms. The molecule has 0 radical (unpaired) electrons. The van der Waals surface area contributed by atoms with Crippen LogP contribution in [0.1, 0.15) is 5.69 Å². The van der Waals surface area contributed by atoms with Gasteiger partial charge in [-0.05, 0) is 44.0 Å². The zero-order valence-corrected chi connectivity index (χ0v) is 14.3. The van der Waals surface area contributed by atoms with Crippen molar-refractivity contribution in [2.24, 2.45) is 5.84 Å². The molecule has 0 spiro atoms. The number of hydrazine groups is 1. The number of benzene rings is 1. The standard InChI is InChI=1S/C11H9Br3N4O/c12-6-1-8(13)11(9(14)2-6)19-5-7-3-17-10(18-15)4-16-7/h1-4H,5,15H2,(H,17,18). The summed E-state index contributed by atoms with van der Waals surface area (Å²) in [5.74, 6) is 6.44. The van der Waals surface area contributed by atoms with Gasteiger partial charge in [-0.1, -0.05) is 15.9 Å². The number of nitrogens with two attached hydrogens (primary N) is 1. The molecule has 0 unspecified atom stereocenters. The summed E-state index contributed by atoms with van der Waals surface area (Å²) in [5, 5.41) is 0. The lowest BCUT2D eigenvalue weighted by molar-refractivity contribution is 0.297. The molecular weight excluding hydrogens is 444 g/mol. The van der Waals surface area contributed by atoms with Gasteiger partial charge in [0.15, 0.2) is 5.82 Å². The van der Waals surface area contributed by atoms with E-state index in [4.69, 9.17) is 10.6 Å². The maximum Gasteiger partial charge on any atom is 0.158 e. The Labute approximate surface area is 135 Å². The largest absolute Gasteiger partial charge is 0.485 e. The van der Waals surface area contributed by atoms with Gasteiger partial charge in [-0.25, -0.2) is 10.8 Å². The second-order valence-electron chi connectivity index (χ2n) is 3.52. The van der Waals surface area contributed by atoms with Crippen LogP contribution >= 0.6 is 47.8 Å². The van der Waals surface area contributed by atoms with Crippen molar-refractivity contribution >= 4 is 53.6 Å². The number of nitrogen functional groups attached to an aromatic ring is 1. The van der Waals surface area contributed by atoms with E-state index in [2.05, 4.69) is 63.2 Å². The lowest BCUT2D eigenvalue weighted by Crippen LogP contribution is -2.09. The average molecular weight is 453 g/mol. The zero-order chi connectivity index (χ0) is 13.8. The smallest absolute Gasteiger partial charge is 0.158 e. The van der Waals surface area contributed by atoms with E-state index in [0.29, 0.717) is 23.9 Å². The van der Waals surface area contributed by atoms with Gasteiger partial charge >= 0.3 is 0 Å². The average Bonchev–Trinajstić information content (AvgIpc) is 2.38. The first-order valence-electron chi connectivity index (χ1n) is 5.15. The number of nitrogens with one attached hydrogen (secondary N) is 1. The Morgan fingerprint density at radius 3 is 2.32 bits per heavy atom. The fourth-order valence-electron chi connectivity index (χ4n) is 1.32. The zero-order valence-electron chi connectivity index (χ0n) is 9.53. The first-order valence-corrected chi connectivity index (χ1v) is 7.53. The van der Waals surface area contributed by atoms with E-state index in [1.165, 1.54) is 0 Å². The monoisotopic (exact) mass is 450 g/mol. The first kappa shape index (κ1) is 14.7. The van der Waals surface area contributed by atoms with E-state index in [1.54, 1.807) is 12.4 Å². The molecule has 0 amide bonds. The van der Waals surface area contributed by atoms with Crippen LogP contribution in [0.5, 0.6) is 5.75 Å². The molecule has 0 saturated heterocycles. The third kappa shape index (κ3) is 3.88. The van der Waals surface area contributed by atoms with Gasteiger partial charge < -0.3 is 10.2 Å². The van der Waals surface area contributed by atoms with Gasteiger partial charge in [0, 0.05) is 4.47 Å². The second kappa shape index (κ2) is 6.65. The number of halogens is 3. The van der Waals surface area contributed by atoms with E-state index < -0.39 is 0 Å². The summed E-state index contributed by atoms with van der Waals surface area (Å²) in [4.78, 5) is 8.23. The second-order valence-corrected chi connectivity index (χ2v) is 6.15. The molecule has 0 saturated carbocycles. The Balaban J connectivity index is 2.10. The third-order valence-corrected chi connectivity index (χ3v) is 3.82. The normalized spacial score (nSPS) is 10.3. The highest BCUT2D eigenvalue weighted by Crippen LogP contribution is 2.36. The van der Waals surface area contributed by atoms with E-state index >= 15 is 0 Å². The lowest BCUT2D eigenvalue weighted by Gasteiger charge is -2.10. The summed E-state index contributed by atoms with van der Waals surface area (Å²) in [6, 6.07) is 3.82. The molecule has 19 heavy (non-hydrogen) atoms. The summed E-state index contributed by atoms with van der Waals surface area (Å²) < 4.78 is 8.37. The summed E-state index contributed by atoms with van der Waals surface area (Å²) in [5.41, 5.74) is 3.13. The molecule has 100 valence electrons. The summed E-state index contributed by atoms with van der Waals surface area (Å²) >= 11 is 10.3. The molecule has 1 aromatic carbocycles. The number of ether oxygens (including phenoxy) is 1. The molecule has 0 aliphatic carbocycles. The minimum absolute atomic E-state index is 0.316. The van der Waals surface area contributed by atoms with Crippen molar-refractivity contribution in [3.8, 4) is 5.75 Å². The number of anilines is 1. The SMILES string of the molecule is NNc1cnc(COc2c(Br)cc(Br)cc2Br)cn1. The van der Waals surface area contributed by atoms with Crippen LogP contribution < -0.4 is 16.0 Å². The van der Waals surface area contributed by atoms with E-state index in [0.717, 1.165) is 13.4 Å². The number of aromatic nitrogens is 2. The fourth-order valence-corrected chi connectivity index (χ4v) is 3.80. The Bertz CT molecular complexity index is 554. The number of rotatable bonds is 4. The number of hydrogen-bond acceptors (Lipinski definition) is 5. The van der Waals surface area contributed by atoms with Crippen LogP contribution in [0.3, 0.4) is 0 Å². The quantitative estimate of drug-likeness (QED) is 0.547. The molecule has 0 atom stereocenters. The maximum atomic E-state index is 5.71. The van der Waals surface area contributed by atoms with E-state index in [1.807, 2.05) is 12.1 Å². The van der Waals surface area contributed by atoms with Crippen molar-refractivity contribution in [3.05, 3.63) is 43.6 Å². The van der Waals surface area contributed by atoms with Crippen molar-refractivity contribution in [2.75, 3.05) is 5.43 Å². The molecule has 5 nitrogen and oxygen atoms in total. The van der Waals surface area contributed by atoms with Crippen LogP contribution in [0.2, 0.25) is 0 Å². The third-order valence-electron chi connectivity index (χ3n) is 2.18. The van der Waals surface area contributed by atoms with Crippen LogP contribution in [0.15, 0.2) is 37.9 Å². The highest BCUT2D eigenvalue weighted by molar-refractivity contribution is 9.11. The molecule has 1 heterocycles. The summed E-state index contributed by atoms with van der Waals surface area (Å²) in [6.07, 6.45) is 3.15. The lowest BCUT2D eigenvalue weighted by atomic mass is 10.3. The van der Waals surface area contributed by atoms with Crippen LogP contribution in [0, 0.1) is 0 Å². The summed E-state index contributed by atoms with van der Waals surface area (Å²) in [6.45, 7) is 0.316. The van der Waals surface area contributed by atoms with Gasteiger partial charge in [0.2, 0.25) is 0 Å². The topological polar surface area (TPSA) is 73.1 Å². The minimum Gasteiger partial charge on any atom is -0.485 e. The molecule has 2 aromatic rings. The van der Waals surface area contributed by atoms with Crippen molar-refractivity contribution in [2.45, 2.75) is 6.61 Å². The highest BCUT2D eigenvalue weighted by Gasteiger charge is 2.09.